The maximum Gasteiger partial charge on any atom is 0.266 e. The topological polar surface area (TPSA) is 56.1 Å². The Labute approximate surface area is 179 Å². The van der Waals surface area contributed by atoms with Crippen LogP contribution in [0.5, 0.6) is 0 Å². The van der Waals surface area contributed by atoms with E-state index in [1.165, 1.54) is 11.3 Å². The fourth-order valence-electron chi connectivity index (χ4n) is 4.20. The number of hydrogen-bond acceptors (Lipinski definition) is 3. The van der Waals surface area contributed by atoms with Gasteiger partial charge in [-0.25, -0.2) is 0 Å². The number of anilines is 2. The van der Waals surface area contributed by atoms with Crippen molar-refractivity contribution in [3.8, 4) is 6.07 Å². The molecule has 0 atom stereocenters. The predicted molar refractivity (Wildman–Crippen MR) is 125 cm³/mol. The molecule has 1 amide bonds. The van der Waals surface area contributed by atoms with Gasteiger partial charge in [0, 0.05) is 23.5 Å². The van der Waals surface area contributed by atoms with Gasteiger partial charge in [-0.3, -0.25) is 4.79 Å². The van der Waals surface area contributed by atoms with E-state index in [9.17, 15) is 10.1 Å². The highest BCUT2D eigenvalue weighted by molar-refractivity contribution is 6.09. The summed E-state index contributed by atoms with van der Waals surface area (Å²) in [6.45, 7) is 13.6. The zero-order valence-electron chi connectivity index (χ0n) is 18.6. The van der Waals surface area contributed by atoms with Crippen LogP contribution in [-0.4, -0.2) is 18.0 Å². The minimum absolute atomic E-state index is 0.0544. The molecule has 0 radical (unpaired) electrons. The van der Waals surface area contributed by atoms with Gasteiger partial charge in [0.05, 0.1) is 5.54 Å². The van der Waals surface area contributed by atoms with Crippen LogP contribution in [0.1, 0.15) is 49.9 Å². The van der Waals surface area contributed by atoms with E-state index in [2.05, 4.69) is 62.2 Å². The van der Waals surface area contributed by atoms with E-state index in [-0.39, 0.29) is 11.1 Å². The van der Waals surface area contributed by atoms with Crippen LogP contribution < -0.4 is 10.2 Å². The summed E-state index contributed by atoms with van der Waals surface area (Å²) in [6.07, 6.45) is 3.96. The summed E-state index contributed by atoms with van der Waals surface area (Å²) in [6, 6.07) is 13.9. The second-order valence-corrected chi connectivity index (χ2v) is 8.44. The van der Waals surface area contributed by atoms with Crippen molar-refractivity contribution in [2.24, 2.45) is 0 Å². The molecule has 0 unspecified atom stereocenters. The molecule has 4 nitrogen and oxygen atoms in total. The number of allylic oxidation sites excluding steroid dienone is 1. The fourth-order valence-corrected chi connectivity index (χ4v) is 4.20. The first-order valence-electron chi connectivity index (χ1n) is 10.3. The zero-order chi connectivity index (χ0) is 22.1. The van der Waals surface area contributed by atoms with Crippen molar-refractivity contribution in [1.29, 1.82) is 5.26 Å². The van der Waals surface area contributed by atoms with Gasteiger partial charge in [-0.2, -0.15) is 5.26 Å². The Kier molecular flexibility index (Phi) is 5.85. The lowest BCUT2D eigenvalue weighted by atomic mass is 9.86. The maximum absolute atomic E-state index is 12.7. The second kappa shape index (κ2) is 8.20. The van der Waals surface area contributed by atoms with Gasteiger partial charge in [0.25, 0.3) is 5.91 Å². The van der Waals surface area contributed by atoms with Gasteiger partial charge in [0.15, 0.2) is 0 Å². The van der Waals surface area contributed by atoms with E-state index in [0.29, 0.717) is 5.69 Å². The van der Waals surface area contributed by atoms with Gasteiger partial charge < -0.3 is 10.2 Å². The lowest BCUT2D eigenvalue weighted by Gasteiger charge is -2.43. The number of nitriles is 1. The quantitative estimate of drug-likeness (QED) is 0.517. The van der Waals surface area contributed by atoms with Crippen molar-refractivity contribution in [1.82, 2.24) is 0 Å². The number of carbonyl (C=O) groups excluding carboxylic acids is 1. The molecule has 154 valence electrons. The molecule has 0 fully saturated rings. The highest BCUT2D eigenvalue weighted by atomic mass is 16.1. The van der Waals surface area contributed by atoms with Crippen LogP contribution in [0.3, 0.4) is 0 Å². The van der Waals surface area contributed by atoms with Crippen LogP contribution in [0, 0.1) is 25.2 Å². The second-order valence-electron chi connectivity index (χ2n) is 8.44. The molecule has 3 rings (SSSR count). The van der Waals surface area contributed by atoms with Crippen LogP contribution in [0.4, 0.5) is 11.4 Å². The van der Waals surface area contributed by atoms with Crippen LogP contribution in [0.15, 0.2) is 48.0 Å². The third-order valence-electron chi connectivity index (χ3n) is 5.62. The number of fused-ring (bicyclic) bond motifs is 1. The zero-order valence-corrected chi connectivity index (χ0v) is 18.6. The predicted octanol–water partition coefficient (Wildman–Crippen LogP) is 5.87. The molecule has 1 heterocycles. The first-order valence-corrected chi connectivity index (χ1v) is 10.3. The van der Waals surface area contributed by atoms with Gasteiger partial charge in [-0.05, 0) is 94.1 Å². The average molecular weight is 400 g/mol. The Morgan fingerprint density at radius 2 is 1.93 bits per heavy atom. The van der Waals surface area contributed by atoms with E-state index >= 15 is 0 Å². The lowest BCUT2D eigenvalue weighted by molar-refractivity contribution is -0.112. The summed E-state index contributed by atoms with van der Waals surface area (Å²) in [5.74, 6) is -0.399. The highest BCUT2D eigenvalue weighted by Gasteiger charge is 2.30. The number of hydrogen-bond donors (Lipinski definition) is 1. The average Bonchev–Trinajstić information content (AvgIpc) is 2.66. The third kappa shape index (κ3) is 4.16. The van der Waals surface area contributed by atoms with Crippen molar-refractivity contribution < 1.29 is 4.79 Å². The van der Waals surface area contributed by atoms with Crippen molar-refractivity contribution >= 4 is 28.9 Å². The molecule has 0 bridgehead atoms. The van der Waals surface area contributed by atoms with Crippen molar-refractivity contribution in [3.05, 3.63) is 70.3 Å². The Morgan fingerprint density at radius 3 is 2.57 bits per heavy atom. The first kappa shape index (κ1) is 21.4. The summed E-state index contributed by atoms with van der Waals surface area (Å²) in [7, 11) is 0. The van der Waals surface area contributed by atoms with Crippen LogP contribution >= 0.6 is 0 Å². The summed E-state index contributed by atoms with van der Waals surface area (Å²) < 4.78 is 0. The maximum atomic E-state index is 12.7. The van der Waals surface area contributed by atoms with Gasteiger partial charge in [0.1, 0.15) is 11.6 Å². The number of likely N-dealkylation sites (N-methyl/N-ethyl adjacent to an activating group) is 1. The number of nitrogens with one attached hydrogen (secondary N) is 1. The normalized spacial score (nSPS) is 15.2. The van der Waals surface area contributed by atoms with Crippen LogP contribution in [-0.2, 0) is 4.79 Å². The van der Waals surface area contributed by atoms with Crippen molar-refractivity contribution in [2.75, 3.05) is 16.8 Å². The summed E-state index contributed by atoms with van der Waals surface area (Å²) in [4.78, 5) is 15.1. The SMILES string of the molecule is CCN1c2cc(C)c(/C=C(/C#N)C(=O)Nc3cccc(C)c3)cc2C(C)=CC1(C)C. The molecule has 0 saturated carbocycles. The summed E-state index contributed by atoms with van der Waals surface area (Å²) in [5, 5.41) is 12.4. The first-order chi connectivity index (χ1) is 14.2. The van der Waals surface area contributed by atoms with Crippen LogP contribution in [0.2, 0.25) is 0 Å². The van der Waals surface area contributed by atoms with Gasteiger partial charge >= 0.3 is 0 Å². The van der Waals surface area contributed by atoms with Crippen molar-refractivity contribution in [3.63, 3.8) is 0 Å². The van der Waals surface area contributed by atoms with Crippen molar-refractivity contribution in [2.45, 2.75) is 47.1 Å². The molecule has 4 heteroatoms. The number of benzene rings is 2. The molecule has 30 heavy (non-hydrogen) atoms. The van der Waals surface area contributed by atoms with Gasteiger partial charge in [-0.15, -0.1) is 0 Å². The number of nitrogens with zero attached hydrogens (tertiary/aromatic N) is 2. The van der Waals surface area contributed by atoms with E-state index < -0.39 is 5.91 Å². The molecule has 0 aliphatic carbocycles. The molecule has 0 spiro atoms. The number of aryl methyl sites for hydroxylation is 2. The van der Waals surface area contributed by atoms with E-state index in [4.69, 9.17) is 0 Å². The highest BCUT2D eigenvalue weighted by Crippen LogP contribution is 2.40. The Morgan fingerprint density at radius 1 is 1.20 bits per heavy atom. The standard InChI is InChI=1S/C26H29N3O/c1-7-29-24-12-18(3)20(14-23(24)19(4)15-26(29,5)6)13-21(16-27)25(30)28-22-10-8-9-17(2)11-22/h8-15H,7H2,1-6H3,(H,28,30)/b21-13-. The number of carbonyl (C=O) groups is 1. The van der Waals surface area contributed by atoms with E-state index in [0.717, 1.165) is 28.8 Å². The molecule has 1 aliphatic rings. The molecule has 2 aromatic rings. The minimum atomic E-state index is -0.399. The minimum Gasteiger partial charge on any atom is -0.363 e. The monoisotopic (exact) mass is 399 g/mol. The van der Waals surface area contributed by atoms with E-state index in [1.807, 2.05) is 38.1 Å². The molecule has 1 N–H and O–H groups in total. The van der Waals surface area contributed by atoms with Crippen LogP contribution in [0.25, 0.3) is 11.6 Å². The van der Waals surface area contributed by atoms with E-state index in [1.54, 1.807) is 6.08 Å². The molecule has 0 saturated heterocycles. The lowest BCUT2D eigenvalue weighted by Crippen LogP contribution is -2.44. The molecular weight excluding hydrogens is 370 g/mol. The number of amides is 1. The summed E-state index contributed by atoms with van der Waals surface area (Å²) >= 11 is 0. The van der Waals surface area contributed by atoms with Gasteiger partial charge in [0.2, 0.25) is 0 Å². The third-order valence-corrected chi connectivity index (χ3v) is 5.62. The smallest absolute Gasteiger partial charge is 0.266 e. The summed E-state index contributed by atoms with van der Waals surface area (Å²) in [5.41, 5.74) is 7.23. The Bertz CT molecular complexity index is 1100. The molecule has 1 aliphatic heterocycles. The molecule has 0 aromatic heterocycles. The Hall–Kier alpha value is -3.32. The Balaban J connectivity index is 1.99. The largest absolute Gasteiger partial charge is 0.363 e. The van der Waals surface area contributed by atoms with Gasteiger partial charge in [-0.1, -0.05) is 18.2 Å². The number of rotatable bonds is 4. The molecular formula is C26H29N3O. The molecule has 2 aromatic carbocycles. The fraction of sp³-hybridized carbons (Fsp3) is 0.308.